The van der Waals surface area contributed by atoms with Crippen LogP contribution in [-0.4, -0.2) is 29.9 Å². The molecule has 0 saturated carbocycles. The molecule has 6 heteroatoms. The standard InChI is InChI=1S/C27H29N3O3/c1-7-29-23-9-8-19(13-21(23)18(4)15-27(29,5)6)14-22-24(31)28-26(33)30(25(22)32)20-11-16(2)10-17(3)12-20/h8-15H,7H2,1-6H3,(H,28,31,33)/b22-14+. The van der Waals surface area contributed by atoms with Crippen LogP contribution in [0, 0.1) is 13.8 Å². The van der Waals surface area contributed by atoms with Crippen LogP contribution < -0.4 is 15.1 Å². The Labute approximate surface area is 194 Å². The van der Waals surface area contributed by atoms with Crippen LogP contribution in [0.4, 0.5) is 16.2 Å². The third kappa shape index (κ3) is 3.97. The molecular weight excluding hydrogens is 414 g/mol. The number of hydrogen-bond donors (Lipinski definition) is 1. The fraction of sp³-hybridized carbons (Fsp3) is 0.296. The quantitative estimate of drug-likeness (QED) is 0.536. The monoisotopic (exact) mass is 443 g/mol. The van der Waals surface area contributed by atoms with Crippen LogP contribution in [0.1, 0.15) is 49.9 Å². The van der Waals surface area contributed by atoms with Crippen molar-refractivity contribution >= 4 is 40.9 Å². The zero-order chi connectivity index (χ0) is 24.1. The molecular formula is C27H29N3O3. The average molecular weight is 444 g/mol. The van der Waals surface area contributed by atoms with E-state index in [0.29, 0.717) is 5.69 Å². The van der Waals surface area contributed by atoms with Gasteiger partial charge in [-0.25, -0.2) is 9.69 Å². The Morgan fingerprint density at radius 1 is 0.970 bits per heavy atom. The number of hydrogen-bond acceptors (Lipinski definition) is 4. The van der Waals surface area contributed by atoms with Crippen molar-refractivity contribution in [2.45, 2.75) is 47.1 Å². The van der Waals surface area contributed by atoms with Crippen LogP contribution in [0.15, 0.2) is 48.0 Å². The zero-order valence-electron chi connectivity index (χ0n) is 19.9. The second-order valence-electron chi connectivity index (χ2n) is 9.31. The zero-order valence-corrected chi connectivity index (χ0v) is 19.9. The van der Waals surface area contributed by atoms with Crippen LogP contribution in [0.5, 0.6) is 0 Å². The molecule has 0 bridgehead atoms. The molecule has 170 valence electrons. The minimum absolute atomic E-state index is 0.0705. The fourth-order valence-corrected chi connectivity index (χ4v) is 4.91. The van der Waals surface area contributed by atoms with Gasteiger partial charge in [-0.1, -0.05) is 18.2 Å². The Balaban J connectivity index is 1.76. The molecule has 0 aliphatic carbocycles. The first-order chi connectivity index (χ1) is 15.5. The van der Waals surface area contributed by atoms with Gasteiger partial charge >= 0.3 is 6.03 Å². The summed E-state index contributed by atoms with van der Waals surface area (Å²) in [6.07, 6.45) is 3.79. The highest BCUT2D eigenvalue weighted by Gasteiger charge is 2.37. The average Bonchev–Trinajstić information content (AvgIpc) is 2.70. The first-order valence-electron chi connectivity index (χ1n) is 11.1. The lowest BCUT2D eigenvalue weighted by atomic mass is 9.88. The SMILES string of the molecule is CCN1c2ccc(/C=C3\C(=O)NC(=O)N(c4cc(C)cc(C)c4)C3=O)cc2C(C)=CC1(C)C. The number of likely N-dealkylation sites (N-methyl/N-ethyl adjacent to an activating group) is 1. The van der Waals surface area contributed by atoms with Crippen molar-refractivity contribution in [1.82, 2.24) is 5.32 Å². The maximum atomic E-state index is 13.3. The smallest absolute Gasteiger partial charge is 0.335 e. The van der Waals surface area contributed by atoms with Gasteiger partial charge in [0.05, 0.1) is 11.2 Å². The van der Waals surface area contributed by atoms with Crippen molar-refractivity contribution in [3.05, 3.63) is 70.3 Å². The minimum atomic E-state index is -0.739. The number of rotatable bonds is 3. The number of benzene rings is 2. The number of carbonyl (C=O) groups excluding carboxylic acids is 3. The molecule has 4 amide bonds. The predicted octanol–water partition coefficient (Wildman–Crippen LogP) is 4.99. The summed E-state index contributed by atoms with van der Waals surface area (Å²) in [4.78, 5) is 41.8. The van der Waals surface area contributed by atoms with E-state index in [1.807, 2.05) is 38.1 Å². The summed E-state index contributed by atoms with van der Waals surface area (Å²) in [6.45, 7) is 13.2. The van der Waals surface area contributed by atoms with Gasteiger partial charge in [-0.3, -0.25) is 14.9 Å². The molecule has 1 saturated heterocycles. The van der Waals surface area contributed by atoms with E-state index in [-0.39, 0.29) is 11.1 Å². The molecule has 0 spiro atoms. The van der Waals surface area contributed by atoms with Gasteiger partial charge in [0, 0.05) is 17.8 Å². The summed E-state index contributed by atoms with van der Waals surface area (Å²) >= 11 is 0. The summed E-state index contributed by atoms with van der Waals surface area (Å²) in [5, 5.41) is 2.30. The molecule has 1 N–H and O–H groups in total. The maximum Gasteiger partial charge on any atom is 0.335 e. The lowest BCUT2D eigenvalue weighted by molar-refractivity contribution is -0.122. The number of barbiturate groups is 1. The van der Waals surface area contributed by atoms with Crippen LogP contribution in [0.3, 0.4) is 0 Å². The number of carbonyl (C=O) groups is 3. The van der Waals surface area contributed by atoms with Gasteiger partial charge in [0.25, 0.3) is 11.8 Å². The number of aryl methyl sites for hydroxylation is 2. The molecule has 33 heavy (non-hydrogen) atoms. The van der Waals surface area contributed by atoms with Gasteiger partial charge in [0.15, 0.2) is 0 Å². The number of nitrogens with one attached hydrogen (secondary N) is 1. The summed E-state index contributed by atoms with van der Waals surface area (Å²) in [6, 6.07) is 10.7. The van der Waals surface area contributed by atoms with Gasteiger partial charge in [-0.05, 0) is 94.1 Å². The molecule has 6 nitrogen and oxygen atoms in total. The van der Waals surface area contributed by atoms with Crippen LogP contribution in [-0.2, 0) is 9.59 Å². The molecule has 2 aromatic rings. The molecule has 2 heterocycles. The highest BCUT2D eigenvalue weighted by Crippen LogP contribution is 2.39. The largest absolute Gasteiger partial charge is 0.363 e. The van der Waals surface area contributed by atoms with Gasteiger partial charge in [-0.15, -0.1) is 0 Å². The van der Waals surface area contributed by atoms with E-state index in [2.05, 4.69) is 44.0 Å². The van der Waals surface area contributed by atoms with Crippen LogP contribution in [0.25, 0.3) is 11.6 Å². The first kappa shape index (κ1) is 22.5. The molecule has 1 fully saturated rings. The Morgan fingerprint density at radius 3 is 2.27 bits per heavy atom. The summed E-state index contributed by atoms with van der Waals surface area (Å²) in [5.74, 6) is -1.32. The second-order valence-corrected chi connectivity index (χ2v) is 9.31. The normalized spacial score (nSPS) is 18.9. The molecule has 0 radical (unpaired) electrons. The van der Waals surface area contributed by atoms with Gasteiger partial charge < -0.3 is 4.90 Å². The number of anilines is 2. The molecule has 0 aromatic heterocycles. The van der Waals surface area contributed by atoms with Crippen molar-refractivity contribution < 1.29 is 14.4 Å². The van der Waals surface area contributed by atoms with Crippen molar-refractivity contribution in [3.63, 3.8) is 0 Å². The van der Waals surface area contributed by atoms with E-state index in [0.717, 1.165) is 45.0 Å². The molecule has 2 aromatic carbocycles. The third-order valence-electron chi connectivity index (χ3n) is 6.20. The Hall–Kier alpha value is -3.67. The Morgan fingerprint density at radius 2 is 1.64 bits per heavy atom. The number of imide groups is 2. The van der Waals surface area contributed by atoms with Gasteiger partial charge in [0.1, 0.15) is 5.57 Å². The predicted molar refractivity (Wildman–Crippen MR) is 132 cm³/mol. The Kier molecular flexibility index (Phi) is 5.48. The maximum absolute atomic E-state index is 13.3. The summed E-state index contributed by atoms with van der Waals surface area (Å²) in [7, 11) is 0. The fourth-order valence-electron chi connectivity index (χ4n) is 4.91. The lowest BCUT2D eigenvalue weighted by Gasteiger charge is -2.42. The van der Waals surface area contributed by atoms with E-state index in [1.165, 1.54) is 0 Å². The van der Waals surface area contributed by atoms with Crippen LogP contribution >= 0.6 is 0 Å². The number of urea groups is 1. The van der Waals surface area contributed by atoms with Crippen LogP contribution in [0.2, 0.25) is 0 Å². The lowest BCUT2D eigenvalue weighted by Crippen LogP contribution is -2.54. The van der Waals surface area contributed by atoms with Gasteiger partial charge in [0.2, 0.25) is 0 Å². The molecule has 0 atom stereocenters. The number of fused-ring (bicyclic) bond motifs is 1. The van der Waals surface area contributed by atoms with E-state index in [4.69, 9.17) is 0 Å². The molecule has 2 aliphatic heterocycles. The first-order valence-corrected chi connectivity index (χ1v) is 11.1. The number of allylic oxidation sites excluding steroid dienone is 1. The third-order valence-corrected chi connectivity index (χ3v) is 6.20. The molecule has 2 aliphatic rings. The van der Waals surface area contributed by atoms with Crippen molar-refractivity contribution in [2.75, 3.05) is 16.3 Å². The van der Waals surface area contributed by atoms with E-state index in [1.54, 1.807) is 18.2 Å². The highest BCUT2D eigenvalue weighted by molar-refractivity contribution is 6.39. The van der Waals surface area contributed by atoms with E-state index >= 15 is 0 Å². The Bertz CT molecular complexity index is 1230. The molecule has 4 rings (SSSR count). The highest BCUT2D eigenvalue weighted by atomic mass is 16.2. The van der Waals surface area contributed by atoms with Crippen molar-refractivity contribution in [1.29, 1.82) is 0 Å². The molecule has 0 unspecified atom stereocenters. The second kappa shape index (κ2) is 8.03. The van der Waals surface area contributed by atoms with Crippen molar-refractivity contribution in [3.8, 4) is 0 Å². The van der Waals surface area contributed by atoms with Crippen molar-refractivity contribution in [2.24, 2.45) is 0 Å². The van der Waals surface area contributed by atoms with E-state index in [9.17, 15) is 14.4 Å². The topological polar surface area (TPSA) is 69.7 Å². The van der Waals surface area contributed by atoms with E-state index < -0.39 is 17.8 Å². The summed E-state index contributed by atoms with van der Waals surface area (Å²) in [5.41, 5.74) is 6.18. The number of amides is 4. The summed E-state index contributed by atoms with van der Waals surface area (Å²) < 4.78 is 0. The van der Waals surface area contributed by atoms with Gasteiger partial charge in [-0.2, -0.15) is 0 Å². The minimum Gasteiger partial charge on any atom is -0.363 e. The number of nitrogens with zero attached hydrogens (tertiary/aromatic N) is 2.